The van der Waals surface area contributed by atoms with E-state index in [0.717, 1.165) is 4.88 Å². The van der Waals surface area contributed by atoms with Gasteiger partial charge >= 0.3 is 5.97 Å². The van der Waals surface area contributed by atoms with Crippen LogP contribution in [0.15, 0.2) is 30.6 Å². The first-order chi connectivity index (χ1) is 11.4. The number of carboxylic acid groups (broad SMARTS) is 1. The van der Waals surface area contributed by atoms with E-state index in [9.17, 15) is 14.4 Å². The number of nitrogens with zero attached hydrogens (tertiary/aromatic N) is 1. The number of carbonyl (C=O) groups is 3. The highest BCUT2D eigenvalue weighted by molar-refractivity contribution is 7.16. The van der Waals surface area contributed by atoms with Gasteiger partial charge in [0.15, 0.2) is 0 Å². The molecule has 2 aromatic rings. The molecular weight excluding hydrogens is 330 g/mol. The molecule has 0 saturated carbocycles. The molecule has 0 aliphatic heterocycles. The van der Waals surface area contributed by atoms with Crippen LogP contribution in [0.4, 0.5) is 5.00 Å². The Kier molecular flexibility index (Phi) is 5.64. The number of carboxylic acids is 1. The summed E-state index contributed by atoms with van der Waals surface area (Å²) in [6.45, 7) is 3.47. The number of aromatic nitrogens is 1. The molecule has 2 heterocycles. The smallest absolute Gasteiger partial charge is 0.326 e. The molecule has 2 amide bonds. The normalized spacial score (nSPS) is 11.6. The fourth-order valence-electron chi connectivity index (χ4n) is 2.03. The van der Waals surface area contributed by atoms with Gasteiger partial charge in [0, 0.05) is 22.8 Å². The highest BCUT2D eigenvalue weighted by Crippen LogP contribution is 2.28. The maximum absolute atomic E-state index is 12.3. The molecule has 24 heavy (non-hydrogen) atoms. The van der Waals surface area contributed by atoms with Crippen LogP contribution >= 0.6 is 11.3 Å². The molecule has 8 heteroatoms. The van der Waals surface area contributed by atoms with E-state index >= 15 is 0 Å². The van der Waals surface area contributed by atoms with E-state index < -0.39 is 17.9 Å². The second kappa shape index (κ2) is 7.69. The minimum absolute atomic E-state index is 0.250. The number of hydrogen-bond acceptors (Lipinski definition) is 5. The van der Waals surface area contributed by atoms with Crippen LogP contribution in [0.1, 0.15) is 38.9 Å². The van der Waals surface area contributed by atoms with Gasteiger partial charge in [-0.2, -0.15) is 0 Å². The van der Waals surface area contributed by atoms with E-state index in [0.29, 0.717) is 10.6 Å². The van der Waals surface area contributed by atoms with Gasteiger partial charge in [-0.1, -0.05) is 6.92 Å². The van der Waals surface area contributed by atoms with Crippen molar-refractivity contribution in [1.29, 1.82) is 0 Å². The topological polar surface area (TPSA) is 108 Å². The Balaban J connectivity index is 2.19. The van der Waals surface area contributed by atoms with Crippen molar-refractivity contribution < 1.29 is 19.5 Å². The van der Waals surface area contributed by atoms with Crippen molar-refractivity contribution >= 4 is 34.1 Å². The monoisotopic (exact) mass is 347 g/mol. The van der Waals surface area contributed by atoms with Crippen molar-refractivity contribution in [1.82, 2.24) is 10.3 Å². The van der Waals surface area contributed by atoms with E-state index in [1.54, 1.807) is 32.0 Å². The first kappa shape index (κ1) is 17.6. The quantitative estimate of drug-likeness (QED) is 0.743. The first-order valence-electron chi connectivity index (χ1n) is 7.27. The molecule has 126 valence electrons. The van der Waals surface area contributed by atoms with E-state index in [-0.39, 0.29) is 17.9 Å². The largest absolute Gasteiger partial charge is 0.480 e. The highest BCUT2D eigenvalue weighted by Gasteiger charge is 2.22. The predicted octanol–water partition coefficient (Wildman–Crippen LogP) is 2.30. The molecule has 2 aromatic heterocycles. The molecule has 2 rings (SSSR count). The van der Waals surface area contributed by atoms with Gasteiger partial charge in [0.1, 0.15) is 11.0 Å². The minimum atomic E-state index is -1.10. The molecule has 3 N–H and O–H groups in total. The lowest BCUT2D eigenvalue weighted by Crippen LogP contribution is -2.40. The van der Waals surface area contributed by atoms with Crippen LogP contribution in [0, 0.1) is 6.92 Å². The zero-order chi connectivity index (χ0) is 17.7. The van der Waals surface area contributed by atoms with Gasteiger partial charge in [-0.15, -0.1) is 11.3 Å². The molecule has 7 nitrogen and oxygen atoms in total. The third kappa shape index (κ3) is 4.17. The third-order valence-corrected chi connectivity index (χ3v) is 4.25. The van der Waals surface area contributed by atoms with Gasteiger partial charge in [0.05, 0.1) is 5.56 Å². The molecule has 0 aliphatic rings. The third-order valence-electron chi connectivity index (χ3n) is 3.28. The molecule has 0 fully saturated rings. The van der Waals surface area contributed by atoms with Gasteiger partial charge in [-0.3, -0.25) is 14.6 Å². The predicted molar refractivity (Wildman–Crippen MR) is 90.4 cm³/mol. The second-order valence-electron chi connectivity index (χ2n) is 5.06. The maximum atomic E-state index is 12.3. The highest BCUT2D eigenvalue weighted by atomic mass is 32.1. The lowest BCUT2D eigenvalue weighted by Gasteiger charge is -2.12. The maximum Gasteiger partial charge on any atom is 0.326 e. The van der Waals surface area contributed by atoms with Gasteiger partial charge in [0.25, 0.3) is 11.8 Å². The fourth-order valence-corrected chi connectivity index (χ4v) is 2.93. The van der Waals surface area contributed by atoms with Crippen LogP contribution in [-0.4, -0.2) is 33.9 Å². The van der Waals surface area contributed by atoms with Gasteiger partial charge in [-0.25, -0.2) is 4.79 Å². The van der Waals surface area contributed by atoms with Gasteiger partial charge < -0.3 is 15.7 Å². The van der Waals surface area contributed by atoms with E-state index in [2.05, 4.69) is 15.6 Å². The summed E-state index contributed by atoms with van der Waals surface area (Å²) in [6, 6.07) is 3.78. The standard InChI is InChI=1S/C16H17N3O4S/c1-3-12(16(22)23)18-14(21)11-8-9(2)24-15(11)19-13(20)10-4-6-17-7-5-10/h4-8,12H,3H2,1-2H3,(H,18,21)(H,19,20)(H,22,23). The number of rotatable bonds is 6. The zero-order valence-electron chi connectivity index (χ0n) is 13.2. The Hall–Kier alpha value is -2.74. The zero-order valence-corrected chi connectivity index (χ0v) is 14.0. The Morgan fingerprint density at radius 2 is 1.92 bits per heavy atom. The molecule has 1 unspecified atom stereocenters. The lowest BCUT2D eigenvalue weighted by atomic mass is 10.2. The van der Waals surface area contributed by atoms with E-state index in [4.69, 9.17) is 5.11 Å². The number of carbonyl (C=O) groups excluding carboxylic acids is 2. The summed E-state index contributed by atoms with van der Waals surface area (Å²) in [4.78, 5) is 40.3. The number of anilines is 1. The summed E-state index contributed by atoms with van der Waals surface area (Å²) in [5.41, 5.74) is 0.666. The number of thiophene rings is 1. The number of amides is 2. The molecule has 0 aliphatic carbocycles. The molecule has 0 aromatic carbocycles. The van der Waals surface area contributed by atoms with Crippen molar-refractivity contribution in [2.45, 2.75) is 26.3 Å². The van der Waals surface area contributed by atoms with Crippen LogP contribution < -0.4 is 10.6 Å². The summed E-state index contributed by atoms with van der Waals surface area (Å²) >= 11 is 1.25. The first-order valence-corrected chi connectivity index (χ1v) is 8.09. The molecule has 0 radical (unpaired) electrons. The average molecular weight is 347 g/mol. The Morgan fingerprint density at radius 3 is 2.50 bits per heavy atom. The molecule has 0 bridgehead atoms. The number of pyridine rings is 1. The summed E-state index contributed by atoms with van der Waals surface area (Å²) in [5.74, 6) is -1.99. The van der Waals surface area contributed by atoms with Crippen molar-refractivity contribution in [2.75, 3.05) is 5.32 Å². The van der Waals surface area contributed by atoms with Crippen LogP contribution in [0.3, 0.4) is 0 Å². The summed E-state index contributed by atoms with van der Waals surface area (Å²) in [6.07, 6.45) is 3.27. The van der Waals surface area contributed by atoms with Crippen LogP contribution in [0.5, 0.6) is 0 Å². The van der Waals surface area contributed by atoms with E-state index in [1.165, 1.54) is 23.7 Å². The van der Waals surface area contributed by atoms with Crippen molar-refractivity contribution in [3.63, 3.8) is 0 Å². The number of nitrogens with one attached hydrogen (secondary N) is 2. The van der Waals surface area contributed by atoms with Crippen LogP contribution in [0.2, 0.25) is 0 Å². The summed E-state index contributed by atoms with van der Waals surface area (Å²) < 4.78 is 0. The number of aryl methyl sites for hydroxylation is 1. The number of aliphatic carboxylic acids is 1. The Bertz CT molecular complexity index is 758. The molecule has 0 spiro atoms. The van der Waals surface area contributed by atoms with Gasteiger partial charge in [0.2, 0.25) is 0 Å². The van der Waals surface area contributed by atoms with Crippen LogP contribution in [0.25, 0.3) is 0 Å². The van der Waals surface area contributed by atoms with Crippen LogP contribution in [-0.2, 0) is 4.79 Å². The van der Waals surface area contributed by atoms with E-state index in [1.807, 2.05) is 0 Å². The van der Waals surface area contributed by atoms with Crippen molar-refractivity contribution in [3.8, 4) is 0 Å². The average Bonchev–Trinajstić information content (AvgIpc) is 2.93. The Morgan fingerprint density at radius 1 is 1.25 bits per heavy atom. The van der Waals surface area contributed by atoms with Crippen molar-refractivity contribution in [3.05, 3.63) is 46.6 Å². The second-order valence-corrected chi connectivity index (χ2v) is 6.32. The molecular formula is C16H17N3O4S. The minimum Gasteiger partial charge on any atom is -0.480 e. The molecule has 1 atom stereocenters. The Labute approximate surface area is 142 Å². The summed E-state index contributed by atoms with van der Waals surface area (Å²) in [7, 11) is 0. The SMILES string of the molecule is CCC(NC(=O)c1cc(C)sc1NC(=O)c1ccncc1)C(=O)O. The lowest BCUT2D eigenvalue weighted by molar-refractivity contribution is -0.139. The fraction of sp³-hybridized carbons (Fsp3) is 0.250. The van der Waals surface area contributed by atoms with Gasteiger partial charge in [-0.05, 0) is 31.5 Å². The van der Waals surface area contributed by atoms with Crippen molar-refractivity contribution in [2.24, 2.45) is 0 Å². The summed E-state index contributed by atoms with van der Waals surface area (Å²) in [5, 5.41) is 14.6. The molecule has 0 saturated heterocycles. The number of hydrogen-bond donors (Lipinski definition) is 3.